The van der Waals surface area contributed by atoms with Gasteiger partial charge in [-0.2, -0.15) is 0 Å². The minimum atomic E-state index is -4.47. The quantitative estimate of drug-likeness (QED) is 0.0156. The molecule has 0 spiro atoms. The number of amides is 1. The molecule has 0 heterocycles. The highest BCUT2D eigenvalue weighted by Crippen LogP contribution is 2.43. The summed E-state index contributed by atoms with van der Waals surface area (Å²) in [6.45, 7) is 6.65. The van der Waals surface area contributed by atoms with Crippen molar-refractivity contribution in [2.75, 3.05) is 40.9 Å². The van der Waals surface area contributed by atoms with Gasteiger partial charge in [-0.15, -0.1) is 0 Å². The van der Waals surface area contributed by atoms with Crippen molar-refractivity contribution in [2.45, 2.75) is 200 Å². The number of nitrogens with one attached hydrogen (secondary N) is 1. The van der Waals surface area contributed by atoms with E-state index in [0.29, 0.717) is 23.9 Å². The Hall–Kier alpha value is -3.85. The molecule has 9 nitrogen and oxygen atoms in total. The molecule has 3 unspecified atom stereocenters. The summed E-state index contributed by atoms with van der Waals surface area (Å²) in [4.78, 5) is 37.5. The molecule has 0 aliphatic rings. The number of esters is 1. The number of phosphoric acid groups is 1. The molecular formula is C61H102N2O7P+. The fourth-order valence-corrected chi connectivity index (χ4v) is 7.75. The van der Waals surface area contributed by atoms with E-state index in [-0.39, 0.29) is 37.9 Å². The number of hydrogen-bond acceptors (Lipinski definition) is 6. The molecule has 0 aliphatic carbocycles. The normalized spacial score (nSPS) is 14.9. The second kappa shape index (κ2) is 49.7. The van der Waals surface area contributed by atoms with Crippen molar-refractivity contribution < 1.29 is 37.3 Å². The molecule has 2 N–H and O–H groups in total. The average Bonchev–Trinajstić information content (AvgIpc) is 3.33. The van der Waals surface area contributed by atoms with Crippen LogP contribution in [0.25, 0.3) is 0 Å². The molecule has 0 bridgehead atoms. The van der Waals surface area contributed by atoms with Crippen LogP contribution in [0.1, 0.15) is 188 Å². The maximum Gasteiger partial charge on any atom is 0.472 e. The Labute approximate surface area is 435 Å². The first-order chi connectivity index (χ1) is 34.4. The van der Waals surface area contributed by atoms with Crippen molar-refractivity contribution in [1.29, 1.82) is 0 Å². The van der Waals surface area contributed by atoms with E-state index in [9.17, 15) is 19.0 Å². The summed E-state index contributed by atoms with van der Waals surface area (Å²) >= 11 is 0. The zero-order chi connectivity index (χ0) is 52.2. The lowest BCUT2D eigenvalue weighted by molar-refractivity contribution is -0.870. The SMILES string of the molecule is CC\C=C/C=C/C=C/C=C\C=C\C=C\CCCCCC(=O)OC(/C=C/CCCCCCCCCCCC)C(COP(=O)(O)OCC[N+](C)(C)C)NC(=O)CCCCC/C=C/C/C=C/C/C=C/C/C=C/CC. The third kappa shape index (κ3) is 50.9. The van der Waals surface area contributed by atoms with Crippen LogP contribution >= 0.6 is 7.82 Å². The van der Waals surface area contributed by atoms with Crippen LogP contribution < -0.4 is 5.32 Å². The van der Waals surface area contributed by atoms with Crippen LogP contribution in [-0.2, 0) is 27.9 Å². The molecule has 402 valence electrons. The van der Waals surface area contributed by atoms with Crippen LogP contribution in [0.2, 0.25) is 0 Å². The number of allylic oxidation sites excluding steroid dienone is 21. The van der Waals surface area contributed by atoms with Crippen molar-refractivity contribution in [3.05, 3.63) is 134 Å². The Balaban J connectivity index is 5.55. The van der Waals surface area contributed by atoms with Gasteiger partial charge in [0.2, 0.25) is 5.91 Å². The Morgan fingerprint density at radius 3 is 1.52 bits per heavy atom. The van der Waals surface area contributed by atoms with Crippen LogP contribution in [0.4, 0.5) is 0 Å². The molecule has 0 saturated heterocycles. The highest BCUT2D eigenvalue weighted by Gasteiger charge is 2.30. The van der Waals surface area contributed by atoms with Crippen LogP contribution in [0.15, 0.2) is 134 Å². The van der Waals surface area contributed by atoms with E-state index in [0.717, 1.165) is 89.9 Å². The Morgan fingerprint density at radius 2 is 0.972 bits per heavy atom. The molecule has 0 aromatic carbocycles. The first kappa shape index (κ1) is 67.1. The second-order valence-electron chi connectivity index (χ2n) is 19.1. The van der Waals surface area contributed by atoms with Crippen molar-refractivity contribution >= 4 is 19.7 Å². The molecule has 0 fully saturated rings. The predicted octanol–water partition coefficient (Wildman–Crippen LogP) is 16.5. The monoisotopic (exact) mass is 1010 g/mol. The Bertz CT molecular complexity index is 1680. The number of quaternary nitrogens is 1. The fraction of sp³-hybridized carbons (Fsp3) is 0.607. The maximum atomic E-state index is 13.5. The Kier molecular flexibility index (Phi) is 47.0. The number of ether oxygens (including phenoxy) is 1. The van der Waals surface area contributed by atoms with Gasteiger partial charge in [0.1, 0.15) is 19.3 Å². The van der Waals surface area contributed by atoms with Gasteiger partial charge in [0, 0.05) is 12.8 Å². The zero-order valence-corrected chi connectivity index (χ0v) is 46.5. The van der Waals surface area contributed by atoms with Crippen LogP contribution in [-0.4, -0.2) is 74.3 Å². The largest absolute Gasteiger partial charge is 0.472 e. The topological polar surface area (TPSA) is 111 Å². The first-order valence-corrected chi connectivity index (χ1v) is 29.1. The van der Waals surface area contributed by atoms with E-state index in [1.54, 1.807) is 0 Å². The van der Waals surface area contributed by atoms with Gasteiger partial charge in [0.25, 0.3) is 0 Å². The molecule has 0 rings (SSSR count). The van der Waals surface area contributed by atoms with E-state index < -0.39 is 20.0 Å². The van der Waals surface area contributed by atoms with E-state index in [2.05, 4.69) is 86.8 Å². The molecular weight excluding hydrogens is 904 g/mol. The van der Waals surface area contributed by atoms with E-state index in [1.165, 1.54) is 51.4 Å². The number of hydrogen-bond donors (Lipinski definition) is 2. The highest BCUT2D eigenvalue weighted by molar-refractivity contribution is 7.47. The minimum Gasteiger partial charge on any atom is -0.456 e. The standard InChI is InChI=1S/C61H101N2O7P/c1-7-10-13-16-19-22-25-28-30-32-34-36-39-42-45-48-51-54-61(65)70-59(52-49-46-43-40-37-27-24-21-18-15-12-9-3)58(57-69-71(66,67)68-56-55-63(4,5)6)62-60(64)53-50-47-44-41-38-35-33-31-29-26-23-20-17-14-11-8-2/h10-11,13-14,16,19-20,22-23,25,28-32,34-36,38-39,49,52,58-59H,7-9,12,15,17-18,21,24,26-27,33,37,40-48,50-51,53-57H2,1-6H3,(H-,62,64,66,67)/p+1/b13-10-,14-11+,19-16+,23-20+,25-22+,30-28-,31-29+,34-32+,38-35+,39-36+,52-49+. The zero-order valence-electron chi connectivity index (χ0n) is 45.7. The molecule has 10 heteroatoms. The highest BCUT2D eigenvalue weighted by atomic mass is 31.2. The van der Waals surface area contributed by atoms with Crippen molar-refractivity contribution in [1.82, 2.24) is 5.32 Å². The van der Waals surface area contributed by atoms with Gasteiger partial charge in [0.15, 0.2) is 0 Å². The average molecular weight is 1010 g/mol. The molecule has 71 heavy (non-hydrogen) atoms. The summed E-state index contributed by atoms with van der Waals surface area (Å²) in [5, 5.41) is 3.01. The van der Waals surface area contributed by atoms with Gasteiger partial charge in [0.05, 0.1) is 33.8 Å². The molecule has 0 aliphatic heterocycles. The summed E-state index contributed by atoms with van der Waals surface area (Å²) in [7, 11) is 1.42. The van der Waals surface area contributed by atoms with Crippen molar-refractivity contribution in [3.8, 4) is 0 Å². The third-order valence-corrected chi connectivity index (χ3v) is 12.2. The summed E-state index contributed by atoms with van der Waals surface area (Å²) < 4.78 is 30.5. The lowest BCUT2D eigenvalue weighted by Crippen LogP contribution is -2.47. The number of likely N-dealkylation sites (N-methyl/N-ethyl adjacent to an activating group) is 1. The predicted molar refractivity (Wildman–Crippen MR) is 304 cm³/mol. The maximum absolute atomic E-state index is 13.5. The summed E-state index contributed by atoms with van der Waals surface area (Å²) in [5.41, 5.74) is 0. The van der Waals surface area contributed by atoms with E-state index >= 15 is 0 Å². The van der Waals surface area contributed by atoms with E-state index in [1.807, 2.05) is 94.1 Å². The summed E-state index contributed by atoms with van der Waals surface area (Å²) in [6, 6.07) is -0.892. The van der Waals surface area contributed by atoms with Crippen LogP contribution in [0.5, 0.6) is 0 Å². The Morgan fingerprint density at radius 1 is 0.521 bits per heavy atom. The number of phosphoric ester groups is 1. The molecule has 0 aromatic heterocycles. The second-order valence-corrected chi connectivity index (χ2v) is 20.6. The number of nitrogens with zero attached hydrogens (tertiary/aromatic N) is 1. The fourth-order valence-electron chi connectivity index (χ4n) is 7.02. The van der Waals surface area contributed by atoms with Crippen molar-refractivity contribution in [3.63, 3.8) is 0 Å². The third-order valence-electron chi connectivity index (χ3n) is 11.2. The lowest BCUT2D eigenvalue weighted by Gasteiger charge is -2.27. The van der Waals surface area contributed by atoms with Gasteiger partial charge in [-0.25, -0.2) is 4.57 Å². The number of carbonyl (C=O) groups is 2. The molecule has 0 radical (unpaired) electrons. The summed E-state index contributed by atoms with van der Waals surface area (Å²) in [5.74, 6) is -0.607. The van der Waals surface area contributed by atoms with Gasteiger partial charge in [-0.3, -0.25) is 18.6 Å². The summed E-state index contributed by atoms with van der Waals surface area (Å²) in [6.07, 6.45) is 70.2. The van der Waals surface area contributed by atoms with E-state index in [4.69, 9.17) is 13.8 Å². The molecule has 0 saturated carbocycles. The van der Waals surface area contributed by atoms with Gasteiger partial charge in [-0.1, -0.05) is 219 Å². The molecule has 1 amide bonds. The van der Waals surface area contributed by atoms with Crippen LogP contribution in [0.3, 0.4) is 0 Å². The number of unbranched alkanes of at least 4 members (excludes halogenated alkanes) is 16. The van der Waals surface area contributed by atoms with Crippen LogP contribution in [0, 0.1) is 0 Å². The number of rotatable bonds is 47. The van der Waals surface area contributed by atoms with Gasteiger partial charge in [-0.05, 0) is 89.5 Å². The lowest BCUT2D eigenvalue weighted by atomic mass is 10.1. The van der Waals surface area contributed by atoms with Gasteiger partial charge >= 0.3 is 13.8 Å². The molecule has 3 atom stereocenters. The number of carbonyl (C=O) groups excluding carboxylic acids is 2. The molecule has 0 aromatic rings. The first-order valence-electron chi connectivity index (χ1n) is 27.6. The van der Waals surface area contributed by atoms with Gasteiger partial charge < -0.3 is 19.4 Å². The van der Waals surface area contributed by atoms with Crippen molar-refractivity contribution in [2.24, 2.45) is 0 Å². The smallest absolute Gasteiger partial charge is 0.456 e. The minimum absolute atomic E-state index is 0.0179.